The van der Waals surface area contributed by atoms with Gasteiger partial charge in [-0.2, -0.15) is 5.10 Å². The Morgan fingerprint density at radius 1 is 1.00 bits per heavy atom. The highest BCUT2D eigenvalue weighted by Gasteiger charge is 2.17. The molecule has 3 rings (SSSR count). The van der Waals surface area contributed by atoms with Gasteiger partial charge in [0.05, 0.1) is 24.7 Å². The molecule has 0 saturated carbocycles. The molecule has 30 heavy (non-hydrogen) atoms. The molecule has 0 unspecified atom stereocenters. The molecule has 0 saturated heterocycles. The third-order valence-corrected chi connectivity index (χ3v) is 5.38. The van der Waals surface area contributed by atoms with Crippen LogP contribution in [0.15, 0.2) is 84.0 Å². The molecule has 0 fully saturated rings. The van der Waals surface area contributed by atoms with E-state index in [-0.39, 0.29) is 12.4 Å². The van der Waals surface area contributed by atoms with Gasteiger partial charge in [0.1, 0.15) is 5.82 Å². The highest BCUT2D eigenvalue weighted by atomic mass is 32.2. The number of carbonyl (C=O) groups is 1. The summed E-state index contributed by atoms with van der Waals surface area (Å²) < 4.78 is 38.6. The van der Waals surface area contributed by atoms with Crippen molar-refractivity contribution in [3.63, 3.8) is 0 Å². The quantitative estimate of drug-likeness (QED) is 0.464. The Morgan fingerprint density at radius 3 is 2.23 bits per heavy atom. The predicted octanol–water partition coefficient (Wildman–Crippen LogP) is 3.56. The van der Waals surface area contributed by atoms with Gasteiger partial charge < -0.3 is 0 Å². The Bertz CT molecular complexity index is 1130. The highest BCUT2D eigenvalue weighted by Crippen LogP contribution is 2.20. The molecule has 0 bridgehead atoms. The Labute approximate surface area is 174 Å². The first-order valence-corrected chi connectivity index (χ1v) is 10.9. The number of halogens is 1. The third-order valence-electron chi connectivity index (χ3n) is 4.24. The molecular formula is C22H20FN3O3S. The largest absolute Gasteiger partial charge is 0.271 e. The van der Waals surface area contributed by atoms with Crippen LogP contribution >= 0.6 is 0 Å². The van der Waals surface area contributed by atoms with E-state index in [1.807, 2.05) is 6.07 Å². The lowest BCUT2D eigenvalue weighted by atomic mass is 10.1. The van der Waals surface area contributed by atoms with Crippen molar-refractivity contribution in [1.29, 1.82) is 0 Å². The van der Waals surface area contributed by atoms with Crippen molar-refractivity contribution in [3.05, 3.63) is 101 Å². The number of amides is 1. The Balaban J connectivity index is 1.66. The highest BCUT2D eigenvalue weighted by molar-refractivity contribution is 7.92. The van der Waals surface area contributed by atoms with Gasteiger partial charge in [0.15, 0.2) is 0 Å². The van der Waals surface area contributed by atoms with E-state index in [4.69, 9.17) is 0 Å². The SMILES string of the molecule is CS(=O)(=O)N(Cc1ccc(C(=O)N/N=C/c2ccc(F)cc2)cc1)c1ccccc1. The molecular weight excluding hydrogens is 405 g/mol. The van der Waals surface area contributed by atoms with Crippen LogP contribution in [0.1, 0.15) is 21.5 Å². The van der Waals surface area contributed by atoms with Crippen molar-refractivity contribution in [3.8, 4) is 0 Å². The lowest BCUT2D eigenvalue weighted by Gasteiger charge is -2.22. The van der Waals surface area contributed by atoms with Gasteiger partial charge in [-0.1, -0.05) is 42.5 Å². The fraction of sp³-hybridized carbons (Fsp3) is 0.0909. The first kappa shape index (κ1) is 21.2. The number of anilines is 1. The molecule has 1 amide bonds. The van der Waals surface area contributed by atoms with Crippen molar-refractivity contribution in [2.45, 2.75) is 6.54 Å². The van der Waals surface area contributed by atoms with Crippen molar-refractivity contribution in [1.82, 2.24) is 5.43 Å². The number of hydrogen-bond donors (Lipinski definition) is 1. The fourth-order valence-electron chi connectivity index (χ4n) is 2.70. The summed E-state index contributed by atoms with van der Waals surface area (Å²) in [5, 5.41) is 3.86. The van der Waals surface area contributed by atoms with Gasteiger partial charge in [0, 0.05) is 5.56 Å². The summed E-state index contributed by atoms with van der Waals surface area (Å²) in [6.45, 7) is 0.146. The summed E-state index contributed by atoms with van der Waals surface area (Å²) in [5.41, 5.74) is 4.72. The van der Waals surface area contributed by atoms with Gasteiger partial charge in [-0.25, -0.2) is 18.2 Å². The molecule has 0 atom stereocenters. The maximum absolute atomic E-state index is 12.9. The molecule has 0 spiro atoms. The molecule has 154 valence electrons. The van der Waals surface area contributed by atoms with Crippen molar-refractivity contribution in [2.24, 2.45) is 5.10 Å². The van der Waals surface area contributed by atoms with E-state index < -0.39 is 15.9 Å². The molecule has 0 aliphatic rings. The Kier molecular flexibility index (Phi) is 6.58. The second-order valence-corrected chi connectivity index (χ2v) is 8.46. The minimum atomic E-state index is -3.47. The predicted molar refractivity (Wildman–Crippen MR) is 115 cm³/mol. The summed E-state index contributed by atoms with van der Waals surface area (Å²) in [5.74, 6) is -0.763. The zero-order chi connectivity index (χ0) is 21.6. The number of carbonyl (C=O) groups excluding carboxylic acids is 1. The number of benzene rings is 3. The average Bonchev–Trinajstić information content (AvgIpc) is 2.73. The zero-order valence-corrected chi connectivity index (χ0v) is 17.0. The average molecular weight is 425 g/mol. The maximum atomic E-state index is 12.9. The number of nitrogens with one attached hydrogen (secondary N) is 1. The van der Waals surface area contributed by atoms with Gasteiger partial charge in [-0.3, -0.25) is 9.10 Å². The van der Waals surface area contributed by atoms with E-state index in [0.717, 1.165) is 11.8 Å². The molecule has 0 aromatic heterocycles. The second-order valence-electron chi connectivity index (χ2n) is 6.55. The lowest BCUT2D eigenvalue weighted by Crippen LogP contribution is -2.29. The van der Waals surface area contributed by atoms with Crippen molar-refractivity contribution >= 4 is 27.8 Å². The normalized spacial score (nSPS) is 11.4. The Morgan fingerprint density at radius 2 is 1.63 bits per heavy atom. The van der Waals surface area contributed by atoms with Gasteiger partial charge in [-0.05, 0) is 47.5 Å². The standard InChI is InChI=1S/C22H20FN3O3S/c1-30(28,29)26(21-5-3-2-4-6-21)16-18-7-11-19(12-8-18)22(27)25-24-15-17-9-13-20(23)14-10-17/h2-15H,16H2,1H3,(H,25,27)/b24-15+. The minimum absolute atomic E-state index is 0.146. The van der Waals surface area contributed by atoms with Gasteiger partial charge in [-0.15, -0.1) is 0 Å². The van der Waals surface area contributed by atoms with Crippen molar-refractivity contribution < 1.29 is 17.6 Å². The molecule has 0 aliphatic carbocycles. The van der Waals surface area contributed by atoms with Crippen LogP contribution in [0.4, 0.5) is 10.1 Å². The Hall–Kier alpha value is -3.52. The van der Waals surface area contributed by atoms with Crippen LogP contribution in [-0.4, -0.2) is 26.8 Å². The minimum Gasteiger partial charge on any atom is -0.267 e. The van der Waals surface area contributed by atoms with Crippen LogP contribution in [0.5, 0.6) is 0 Å². The first-order valence-electron chi connectivity index (χ1n) is 9.03. The summed E-state index contributed by atoms with van der Waals surface area (Å²) in [6, 6.07) is 21.1. The van der Waals surface area contributed by atoms with Gasteiger partial charge in [0.2, 0.25) is 10.0 Å². The summed E-state index contributed by atoms with van der Waals surface area (Å²) in [7, 11) is -3.47. The molecule has 0 heterocycles. The lowest BCUT2D eigenvalue weighted by molar-refractivity contribution is 0.0955. The van der Waals surface area contributed by atoms with Crippen LogP contribution in [0.3, 0.4) is 0 Å². The van der Waals surface area contributed by atoms with Crippen LogP contribution in [0.25, 0.3) is 0 Å². The zero-order valence-electron chi connectivity index (χ0n) is 16.2. The number of sulfonamides is 1. The number of rotatable bonds is 7. The monoisotopic (exact) mass is 425 g/mol. The van der Waals surface area contributed by atoms with Gasteiger partial charge >= 0.3 is 0 Å². The molecule has 0 aliphatic heterocycles. The number of hydrogen-bond acceptors (Lipinski definition) is 4. The van der Waals surface area contributed by atoms with E-state index in [1.54, 1.807) is 60.7 Å². The molecule has 6 nitrogen and oxygen atoms in total. The van der Waals surface area contributed by atoms with Gasteiger partial charge in [0.25, 0.3) is 5.91 Å². The third kappa shape index (κ3) is 5.74. The molecule has 3 aromatic rings. The number of hydrazone groups is 1. The molecule has 1 N–H and O–H groups in total. The van der Waals surface area contributed by atoms with Crippen molar-refractivity contribution in [2.75, 3.05) is 10.6 Å². The van der Waals surface area contributed by atoms with E-state index in [9.17, 15) is 17.6 Å². The number of nitrogens with zero attached hydrogens (tertiary/aromatic N) is 2. The summed E-state index contributed by atoms with van der Waals surface area (Å²) >= 11 is 0. The molecule has 3 aromatic carbocycles. The van der Waals surface area contributed by atoms with Crippen LogP contribution in [0, 0.1) is 5.82 Å². The van der Waals surface area contributed by atoms with Crippen LogP contribution in [0.2, 0.25) is 0 Å². The van der Waals surface area contributed by atoms with E-state index >= 15 is 0 Å². The van der Waals surface area contributed by atoms with Crippen LogP contribution < -0.4 is 9.73 Å². The topological polar surface area (TPSA) is 78.8 Å². The first-order chi connectivity index (χ1) is 14.3. The maximum Gasteiger partial charge on any atom is 0.271 e. The van der Waals surface area contributed by atoms with Crippen LogP contribution in [-0.2, 0) is 16.6 Å². The fourth-order valence-corrected chi connectivity index (χ4v) is 3.59. The smallest absolute Gasteiger partial charge is 0.267 e. The molecule has 0 radical (unpaired) electrons. The molecule has 8 heteroatoms. The van der Waals surface area contributed by atoms with E-state index in [2.05, 4.69) is 10.5 Å². The summed E-state index contributed by atoms with van der Waals surface area (Å²) in [6.07, 6.45) is 2.57. The van der Waals surface area contributed by atoms with E-state index in [0.29, 0.717) is 16.8 Å². The second kappa shape index (κ2) is 9.32. The summed E-state index contributed by atoms with van der Waals surface area (Å²) in [4.78, 5) is 12.2. The van der Waals surface area contributed by atoms with E-state index in [1.165, 1.54) is 22.7 Å². The number of para-hydroxylation sites is 1.